The van der Waals surface area contributed by atoms with Gasteiger partial charge in [-0.2, -0.15) is 13.2 Å². The lowest BCUT2D eigenvalue weighted by atomic mass is 9.88. The summed E-state index contributed by atoms with van der Waals surface area (Å²) in [5.41, 5.74) is 1.62. The minimum atomic E-state index is -4.92. The highest BCUT2D eigenvalue weighted by Gasteiger charge is 2.42. The van der Waals surface area contributed by atoms with E-state index in [0.717, 1.165) is 11.1 Å². The number of aromatic nitrogens is 1. The maximum absolute atomic E-state index is 13.6. The maximum atomic E-state index is 13.6. The monoisotopic (exact) mass is 548 g/mol. The number of carbonyl (C=O) groups is 3. The summed E-state index contributed by atoms with van der Waals surface area (Å²) in [4.78, 5) is 40.9. The molecule has 0 unspecified atom stereocenters. The van der Waals surface area contributed by atoms with Crippen molar-refractivity contribution in [3.05, 3.63) is 95.9 Å². The molecule has 0 radical (unpaired) electrons. The summed E-state index contributed by atoms with van der Waals surface area (Å²) in [5, 5.41) is 11.8. The van der Waals surface area contributed by atoms with Gasteiger partial charge >= 0.3 is 12.1 Å². The molecule has 0 saturated heterocycles. The van der Waals surface area contributed by atoms with Crippen molar-refractivity contribution in [2.24, 2.45) is 11.8 Å². The van der Waals surface area contributed by atoms with Gasteiger partial charge in [-0.3, -0.25) is 14.4 Å². The van der Waals surface area contributed by atoms with Crippen LogP contribution in [0.15, 0.2) is 83.3 Å². The second-order valence-corrected chi connectivity index (χ2v) is 9.52. The highest BCUT2D eigenvalue weighted by molar-refractivity contribution is 6.04. The molecule has 0 aliphatic heterocycles. The third-order valence-corrected chi connectivity index (χ3v) is 6.94. The number of benzene rings is 3. The van der Waals surface area contributed by atoms with Gasteiger partial charge in [0.25, 0.3) is 5.91 Å². The molecular formula is C30H23F3N2O5. The number of rotatable bonds is 7. The Labute approximate surface area is 226 Å². The van der Waals surface area contributed by atoms with Gasteiger partial charge in [-0.15, -0.1) is 0 Å². The van der Waals surface area contributed by atoms with Crippen LogP contribution in [0.2, 0.25) is 0 Å². The van der Waals surface area contributed by atoms with Gasteiger partial charge in [-0.1, -0.05) is 61.0 Å². The molecule has 2 atom stereocenters. The van der Waals surface area contributed by atoms with Crippen molar-refractivity contribution in [2.75, 3.05) is 5.32 Å². The van der Waals surface area contributed by atoms with Gasteiger partial charge in [-0.05, 0) is 48.2 Å². The zero-order valence-electron chi connectivity index (χ0n) is 20.9. The predicted octanol–water partition coefficient (Wildman–Crippen LogP) is 6.96. The first kappa shape index (κ1) is 26.9. The molecule has 204 valence electrons. The van der Waals surface area contributed by atoms with Gasteiger partial charge in [0.05, 0.1) is 5.92 Å². The van der Waals surface area contributed by atoms with Crippen molar-refractivity contribution in [3.8, 4) is 22.6 Å². The van der Waals surface area contributed by atoms with Crippen LogP contribution in [0.3, 0.4) is 0 Å². The molecule has 1 saturated carbocycles. The number of halogens is 3. The van der Waals surface area contributed by atoms with Crippen LogP contribution in [0.1, 0.15) is 45.9 Å². The van der Waals surface area contributed by atoms with Crippen LogP contribution < -0.4 is 5.32 Å². The summed E-state index contributed by atoms with van der Waals surface area (Å²) in [6.45, 7) is 0. The number of Topliss-reactive ketones (excluding diaryl/α,β-unsaturated/α-hetero) is 1. The van der Waals surface area contributed by atoms with Crippen molar-refractivity contribution >= 4 is 23.3 Å². The number of alkyl halides is 3. The van der Waals surface area contributed by atoms with E-state index in [1.54, 1.807) is 54.6 Å². The number of carbonyl (C=O) groups excluding carboxylic acids is 2. The lowest BCUT2D eigenvalue weighted by Gasteiger charge is -2.14. The Morgan fingerprint density at radius 3 is 2.02 bits per heavy atom. The number of hydrogen-bond donors (Lipinski definition) is 2. The third kappa shape index (κ3) is 5.51. The topological polar surface area (TPSA) is 110 Å². The number of amides is 1. The van der Waals surface area contributed by atoms with Crippen molar-refractivity contribution in [3.63, 3.8) is 0 Å². The normalized spacial score (nSPS) is 17.0. The number of anilines is 1. The number of hydrogen-bond acceptors (Lipinski definition) is 5. The average Bonchev–Trinajstić information content (AvgIpc) is 3.62. The van der Waals surface area contributed by atoms with Crippen LogP contribution in [0, 0.1) is 11.8 Å². The molecule has 4 aromatic rings. The Bertz CT molecular complexity index is 1550. The highest BCUT2D eigenvalue weighted by Crippen LogP contribution is 2.36. The zero-order valence-corrected chi connectivity index (χ0v) is 20.9. The van der Waals surface area contributed by atoms with Crippen molar-refractivity contribution in [1.29, 1.82) is 0 Å². The van der Waals surface area contributed by atoms with Gasteiger partial charge in [0.2, 0.25) is 11.7 Å². The maximum Gasteiger partial charge on any atom is 0.452 e. The lowest BCUT2D eigenvalue weighted by molar-refractivity contribution is -0.153. The predicted molar refractivity (Wildman–Crippen MR) is 140 cm³/mol. The van der Waals surface area contributed by atoms with Gasteiger partial charge in [0, 0.05) is 22.7 Å². The van der Waals surface area contributed by atoms with Crippen molar-refractivity contribution < 1.29 is 37.1 Å². The molecular weight excluding hydrogens is 525 g/mol. The van der Waals surface area contributed by atoms with Crippen LogP contribution in [-0.2, 0) is 11.0 Å². The molecule has 3 aromatic carbocycles. The van der Waals surface area contributed by atoms with Crippen LogP contribution in [0.25, 0.3) is 22.6 Å². The van der Waals surface area contributed by atoms with Crippen molar-refractivity contribution in [1.82, 2.24) is 4.98 Å². The smallest absolute Gasteiger partial charge is 0.452 e. The second-order valence-electron chi connectivity index (χ2n) is 9.52. The van der Waals surface area contributed by atoms with E-state index in [1.165, 1.54) is 24.3 Å². The fourth-order valence-corrected chi connectivity index (χ4v) is 4.92. The third-order valence-electron chi connectivity index (χ3n) is 6.94. The van der Waals surface area contributed by atoms with Crippen LogP contribution in [-0.4, -0.2) is 27.8 Å². The summed E-state index contributed by atoms with van der Waals surface area (Å²) in [6.07, 6.45) is -3.17. The first-order valence-corrected chi connectivity index (χ1v) is 12.5. The molecule has 2 N–H and O–H groups in total. The average molecular weight is 549 g/mol. The molecule has 1 aliphatic carbocycles. The van der Waals surface area contributed by atoms with E-state index in [4.69, 9.17) is 4.42 Å². The van der Waals surface area contributed by atoms with Crippen LogP contribution in [0.5, 0.6) is 0 Å². The van der Waals surface area contributed by atoms with E-state index in [2.05, 4.69) is 10.3 Å². The van der Waals surface area contributed by atoms with E-state index < -0.39 is 41.3 Å². The van der Waals surface area contributed by atoms with E-state index in [0.29, 0.717) is 30.4 Å². The molecule has 10 heteroatoms. The standard InChI is InChI=1S/C30H23F3N2O5/c31-30(32,33)26-24(35-28(40-26)20-5-2-1-3-6-20)27(37)34-21-15-13-18(14-16-21)17-9-11-19(12-10-17)25(36)22-7-4-8-23(22)29(38)39/h1-3,5-6,9-16,22-23H,4,7-8H2,(H,34,37)(H,38,39)/t22-,23-/m1/s1. The van der Waals surface area contributed by atoms with E-state index in [-0.39, 0.29) is 17.4 Å². The van der Waals surface area contributed by atoms with E-state index in [1.807, 2.05) is 0 Å². The number of oxazole rings is 1. The number of carboxylic acid groups (broad SMARTS) is 1. The SMILES string of the molecule is O=C(Nc1ccc(-c2ccc(C(=O)[C@@H]3CCC[C@H]3C(=O)O)cc2)cc1)c1nc(-c2ccccc2)oc1C(F)(F)F. The molecule has 40 heavy (non-hydrogen) atoms. The van der Waals surface area contributed by atoms with Crippen molar-refractivity contribution in [2.45, 2.75) is 25.4 Å². The number of nitrogens with one attached hydrogen (secondary N) is 1. The Balaban J connectivity index is 1.30. The molecule has 1 amide bonds. The van der Waals surface area contributed by atoms with Crippen LogP contribution in [0.4, 0.5) is 18.9 Å². The zero-order chi connectivity index (χ0) is 28.4. The molecule has 7 nitrogen and oxygen atoms in total. The molecule has 5 rings (SSSR count). The highest BCUT2D eigenvalue weighted by atomic mass is 19.4. The Morgan fingerprint density at radius 1 is 0.825 bits per heavy atom. The lowest BCUT2D eigenvalue weighted by Crippen LogP contribution is -2.25. The molecule has 0 spiro atoms. The summed E-state index contributed by atoms with van der Waals surface area (Å²) >= 11 is 0. The van der Waals surface area contributed by atoms with Crippen LogP contribution >= 0.6 is 0 Å². The summed E-state index contributed by atoms with van der Waals surface area (Å²) in [7, 11) is 0. The minimum absolute atomic E-state index is 0.184. The Kier molecular flexibility index (Phi) is 7.25. The first-order valence-electron chi connectivity index (χ1n) is 12.5. The van der Waals surface area contributed by atoms with Gasteiger partial charge in [-0.25, -0.2) is 4.98 Å². The molecule has 1 fully saturated rings. The number of ketones is 1. The largest absolute Gasteiger partial charge is 0.481 e. The number of nitrogens with zero attached hydrogens (tertiary/aromatic N) is 1. The fraction of sp³-hybridized carbons (Fsp3) is 0.200. The molecule has 1 aliphatic rings. The van der Waals surface area contributed by atoms with Gasteiger partial charge in [0.15, 0.2) is 11.5 Å². The van der Waals surface area contributed by atoms with Gasteiger partial charge in [0.1, 0.15) is 0 Å². The summed E-state index contributed by atoms with van der Waals surface area (Å²) < 4.78 is 45.7. The Hall–Kier alpha value is -4.73. The minimum Gasteiger partial charge on any atom is -0.481 e. The molecule has 0 bridgehead atoms. The summed E-state index contributed by atoms with van der Waals surface area (Å²) in [6, 6.07) is 21.2. The quantitative estimate of drug-likeness (QED) is 0.242. The second kappa shape index (κ2) is 10.8. The Morgan fingerprint density at radius 2 is 1.43 bits per heavy atom. The molecule has 1 heterocycles. The van der Waals surface area contributed by atoms with E-state index in [9.17, 15) is 32.7 Å². The van der Waals surface area contributed by atoms with E-state index >= 15 is 0 Å². The fourth-order valence-electron chi connectivity index (χ4n) is 4.92. The summed E-state index contributed by atoms with van der Waals surface area (Å²) in [5.74, 6) is -5.20. The first-order chi connectivity index (χ1) is 19.1. The molecule has 1 aromatic heterocycles. The van der Waals surface area contributed by atoms with Gasteiger partial charge < -0.3 is 14.8 Å². The number of carboxylic acids is 1. The number of aliphatic carboxylic acids is 1.